The van der Waals surface area contributed by atoms with Gasteiger partial charge in [0.2, 0.25) is 5.91 Å². The fraction of sp³-hybridized carbons (Fsp3) is 0.467. The predicted molar refractivity (Wildman–Crippen MR) is 83.7 cm³/mol. The number of carbonyl (C=O) groups excluding carboxylic acids is 2. The molecule has 0 spiro atoms. The van der Waals surface area contributed by atoms with Crippen LogP contribution in [0.1, 0.15) is 33.3 Å². The number of ether oxygens (including phenoxy) is 1. The average molecular weight is 313 g/mol. The van der Waals surface area contributed by atoms with Crippen molar-refractivity contribution < 1.29 is 14.3 Å². The van der Waals surface area contributed by atoms with Crippen LogP contribution in [0.15, 0.2) is 18.2 Å². The molecule has 0 fully saturated rings. The number of halogens is 1. The molecule has 1 unspecified atom stereocenters. The van der Waals surface area contributed by atoms with Gasteiger partial charge in [0, 0.05) is 10.7 Å². The molecule has 1 atom stereocenters. The van der Waals surface area contributed by atoms with Crippen molar-refractivity contribution in [2.24, 2.45) is 0 Å². The van der Waals surface area contributed by atoms with Crippen LogP contribution in [0, 0.1) is 6.92 Å². The molecule has 6 heteroatoms. The number of hydrogen-bond acceptors (Lipinski definition) is 3. The molecule has 0 aromatic heterocycles. The minimum atomic E-state index is -0.724. The Kier molecular flexibility index (Phi) is 5.61. The minimum Gasteiger partial charge on any atom is -0.444 e. The molecule has 0 radical (unpaired) electrons. The van der Waals surface area contributed by atoms with E-state index in [4.69, 9.17) is 16.3 Å². The number of alkyl carbamates (subject to hydrolysis) is 1. The molecule has 1 rings (SSSR count). The summed E-state index contributed by atoms with van der Waals surface area (Å²) in [6.07, 6.45) is -0.632. The van der Waals surface area contributed by atoms with Gasteiger partial charge < -0.3 is 15.4 Å². The zero-order chi connectivity index (χ0) is 16.2. The lowest BCUT2D eigenvalue weighted by molar-refractivity contribution is -0.117. The van der Waals surface area contributed by atoms with E-state index in [0.717, 1.165) is 5.56 Å². The van der Waals surface area contributed by atoms with Gasteiger partial charge in [0.1, 0.15) is 11.6 Å². The summed E-state index contributed by atoms with van der Waals surface area (Å²) in [5.74, 6) is -0.341. The summed E-state index contributed by atoms with van der Waals surface area (Å²) in [6, 6.07) is 4.52. The van der Waals surface area contributed by atoms with E-state index >= 15 is 0 Å². The van der Waals surface area contributed by atoms with Gasteiger partial charge in [-0.1, -0.05) is 17.7 Å². The highest BCUT2D eigenvalue weighted by atomic mass is 35.5. The van der Waals surface area contributed by atoms with Gasteiger partial charge in [-0.25, -0.2) is 4.79 Å². The number of rotatable bonds is 3. The number of hydrogen-bond donors (Lipinski definition) is 2. The Morgan fingerprint density at radius 3 is 2.48 bits per heavy atom. The van der Waals surface area contributed by atoms with Crippen molar-refractivity contribution in [3.63, 3.8) is 0 Å². The molecule has 5 nitrogen and oxygen atoms in total. The van der Waals surface area contributed by atoms with E-state index in [1.54, 1.807) is 45.9 Å². The quantitative estimate of drug-likeness (QED) is 0.897. The van der Waals surface area contributed by atoms with Crippen LogP contribution in [0.3, 0.4) is 0 Å². The van der Waals surface area contributed by atoms with E-state index in [2.05, 4.69) is 10.6 Å². The number of carbonyl (C=O) groups is 2. The van der Waals surface area contributed by atoms with E-state index in [1.807, 2.05) is 6.92 Å². The second-order valence-electron chi connectivity index (χ2n) is 5.77. The van der Waals surface area contributed by atoms with Crippen LogP contribution >= 0.6 is 11.6 Å². The SMILES string of the molecule is Cc1c(Cl)cccc1NC(=O)C(C)NC(=O)OC(C)(C)C. The first-order valence-electron chi connectivity index (χ1n) is 6.65. The summed E-state index contributed by atoms with van der Waals surface area (Å²) >= 11 is 5.99. The topological polar surface area (TPSA) is 67.4 Å². The van der Waals surface area contributed by atoms with Gasteiger partial charge >= 0.3 is 6.09 Å². The van der Waals surface area contributed by atoms with E-state index in [-0.39, 0.29) is 5.91 Å². The highest BCUT2D eigenvalue weighted by molar-refractivity contribution is 6.31. The monoisotopic (exact) mass is 312 g/mol. The Morgan fingerprint density at radius 2 is 1.90 bits per heavy atom. The molecular weight excluding hydrogens is 292 g/mol. The van der Waals surface area contributed by atoms with Gasteiger partial charge in [-0.05, 0) is 52.3 Å². The standard InChI is InChI=1S/C15H21ClN2O3/c1-9-11(16)7-6-8-12(9)18-13(19)10(2)17-14(20)21-15(3,4)5/h6-8,10H,1-5H3,(H,17,20)(H,18,19). The fourth-order valence-corrected chi connectivity index (χ4v) is 1.71. The molecule has 0 aliphatic rings. The van der Waals surface area contributed by atoms with Gasteiger partial charge in [0.05, 0.1) is 0 Å². The lowest BCUT2D eigenvalue weighted by atomic mass is 10.2. The molecule has 0 saturated carbocycles. The van der Waals surface area contributed by atoms with Gasteiger partial charge in [-0.2, -0.15) is 0 Å². The normalized spacial score (nSPS) is 12.5. The highest BCUT2D eigenvalue weighted by Crippen LogP contribution is 2.22. The van der Waals surface area contributed by atoms with Crippen LogP contribution < -0.4 is 10.6 Å². The zero-order valence-electron chi connectivity index (χ0n) is 12.9. The maximum absolute atomic E-state index is 12.1. The number of nitrogens with one attached hydrogen (secondary N) is 2. The first-order valence-corrected chi connectivity index (χ1v) is 7.03. The number of amides is 2. The first-order chi connectivity index (χ1) is 9.60. The second kappa shape index (κ2) is 6.80. The molecule has 1 aromatic carbocycles. The van der Waals surface area contributed by atoms with Crippen molar-refractivity contribution >= 4 is 29.3 Å². The minimum absolute atomic E-state index is 0.341. The Labute approximate surface area is 130 Å². The Bertz CT molecular complexity index is 538. The van der Waals surface area contributed by atoms with Crippen LogP contribution in [0.25, 0.3) is 0 Å². The third-order valence-corrected chi connectivity index (χ3v) is 3.06. The summed E-state index contributed by atoms with van der Waals surface area (Å²) in [6.45, 7) is 8.66. The van der Waals surface area contributed by atoms with Crippen LogP contribution in [-0.2, 0) is 9.53 Å². The summed E-state index contributed by atoms with van der Waals surface area (Å²) < 4.78 is 5.10. The van der Waals surface area contributed by atoms with Crippen molar-refractivity contribution in [2.75, 3.05) is 5.32 Å². The summed E-state index contributed by atoms with van der Waals surface area (Å²) in [5, 5.41) is 5.78. The molecule has 0 aliphatic heterocycles. The Morgan fingerprint density at radius 1 is 1.29 bits per heavy atom. The van der Waals surface area contributed by atoms with Crippen LogP contribution in [0.2, 0.25) is 5.02 Å². The van der Waals surface area contributed by atoms with Gasteiger partial charge in [0.15, 0.2) is 0 Å². The molecule has 0 bridgehead atoms. The predicted octanol–water partition coefficient (Wildman–Crippen LogP) is 3.50. The third kappa shape index (κ3) is 5.63. The molecule has 1 aromatic rings. The molecule has 0 heterocycles. The molecule has 2 amide bonds. The lowest BCUT2D eigenvalue weighted by Gasteiger charge is -2.22. The van der Waals surface area contributed by atoms with Gasteiger partial charge in [-0.15, -0.1) is 0 Å². The van der Waals surface area contributed by atoms with Gasteiger partial charge in [-0.3, -0.25) is 4.79 Å². The summed E-state index contributed by atoms with van der Waals surface area (Å²) in [7, 11) is 0. The average Bonchev–Trinajstić information content (AvgIpc) is 2.32. The zero-order valence-corrected chi connectivity index (χ0v) is 13.7. The van der Waals surface area contributed by atoms with Gasteiger partial charge in [0.25, 0.3) is 0 Å². The maximum atomic E-state index is 12.1. The fourth-order valence-electron chi connectivity index (χ4n) is 1.53. The molecule has 0 aliphatic carbocycles. The second-order valence-corrected chi connectivity index (χ2v) is 6.18. The molecule has 116 valence electrons. The molecular formula is C15H21ClN2O3. The Hall–Kier alpha value is -1.75. The van der Waals surface area contributed by atoms with Crippen LogP contribution in [-0.4, -0.2) is 23.6 Å². The molecule has 0 saturated heterocycles. The highest BCUT2D eigenvalue weighted by Gasteiger charge is 2.21. The van der Waals surface area contributed by atoms with E-state index in [9.17, 15) is 9.59 Å². The summed E-state index contributed by atoms with van der Waals surface area (Å²) in [4.78, 5) is 23.7. The Balaban J connectivity index is 2.63. The largest absolute Gasteiger partial charge is 0.444 e. The maximum Gasteiger partial charge on any atom is 0.408 e. The van der Waals surface area contributed by atoms with Crippen molar-refractivity contribution in [3.05, 3.63) is 28.8 Å². The van der Waals surface area contributed by atoms with Crippen molar-refractivity contribution in [1.82, 2.24) is 5.32 Å². The van der Waals surface area contributed by atoms with Crippen molar-refractivity contribution in [2.45, 2.75) is 46.3 Å². The van der Waals surface area contributed by atoms with Crippen molar-refractivity contribution in [3.8, 4) is 0 Å². The number of anilines is 1. The van der Waals surface area contributed by atoms with E-state index in [0.29, 0.717) is 10.7 Å². The summed E-state index contributed by atoms with van der Waals surface area (Å²) in [5.41, 5.74) is 0.784. The lowest BCUT2D eigenvalue weighted by Crippen LogP contribution is -2.44. The van der Waals surface area contributed by atoms with Crippen LogP contribution in [0.4, 0.5) is 10.5 Å². The number of benzene rings is 1. The third-order valence-electron chi connectivity index (χ3n) is 2.65. The van der Waals surface area contributed by atoms with Crippen molar-refractivity contribution in [1.29, 1.82) is 0 Å². The van der Waals surface area contributed by atoms with E-state index < -0.39 is 17.7 Å². The smallest absolute Gasteiger partial charge is 0.408 e. The van der Waals surface area contributed by atoms with Crippen LogP contribution in [0.5, 0.6) is 0 Å². The molecule has 2 N–H and O–H groups in total. The first kappa shape index (κ1) is 17.3. The van der Waals surface area contributed by atoms with E-state index in [1.165, 1.54) is 0 Å². The molecule has 21 heavy (non-hydrogen) atoms.